The van der Waals surface area contributed by atoms with Gasteiger partial charge in [0.05, 0.1) is 6.10 Å². The smallest absolute Gasteiger partial charge is 0.283 e. The van der Waals surface area contributed by atoms with Crippen LogP contribution in [0.3, 0.4) is 0 Å². The van der Waals surface area contributed by atoms with Crippen molar-refractivity contribution in [3.05, 3.63) is 24.3 Å². The van der Waals surface area contributed by atoms with Crippen LogP contribution < -0.4 is 0 Å². The minimum absolute atomic E-state index is 0.0734. The number of fused-ring (bicyclic) bond motifs is 5. The summed E-state index contributed by atoms with van der Waals surface area (Å²) in [6, 6.07) is 0. The van der Waals surface area contributed by atoms with Gasteiger partial charge in [-0.25, -0.2) is 14.7 Å². The quantitative estimate of drug-likeness (QED) is 0.0379. The molecule has 4 fully saturated rings. The summed E-state index contributed by atoms with van der Waals surface area (Å²) in [7, 11) is -4.74. The highest BCUT2D eigenvalue weighted by molar-refractivity contribution is 7.90. The lowest BCUT2D eigenvalue weighted by atomic mass is 9.43. The zero-order valence-electron chi connectivity index (χ0n) is 26.9. The summed E-state index contributed by atoms with van der Waals surface area (Å²) in [4.78, 5) is 0. The third-order valence-corrected chi connectivity index (χ3v) is 13.3. The maximum Gasteiger partial charge on any atom is 0.397 e. The Morgan fingerprint density at radius 3 is 2.09 bits per heavy atom. The molecule has 0 aliphatic heterocycles. The summed E-state index contributed by atoms with van der Waals surface area (Å²) >= 11 is 0.847. The molecule has 0 aromatic rings. The van der Waals surface area contributed by atoms with Crippen LogP contribution in [0.4, 0.5) is 0 Å². The van der Waals surface area contributed by atoms with Crippen LogP contribution in [0.5, 0.6) is 0 Å². The largest absolute Gasteiger partial charge is 0.397 e. The molecule has 4 saturated carbocycles. The van der Waals surface area contributed by atoms with Crippen molar-refractivity contribution >= 4 is 35.0 Å². The predicted molar refractivity (Wildman–Crippen MR) is 168 cm³/mol. The third-order valence-electron chi connectivity index (χ3n) is 11.9. The van der Waals surface area contributed by atoms with E-state index in [1.807, 2.05) is 0 Å². The van der Waals surface area contributed by atoms with Gasteiger partial charge in [0.25, 0.3) is 0 Å². The topological polar surface area (TPSA) is 159 Å². The van der Waals surface area contributed by atoms with E-state index in [-0.39, 0.29) is 23.2 Å². The number of hydrogen-bond acceptors (Lipinski definition) is 13. The standard InChI is InChI=1S/C30H50O12S3/c1-17(2)20(18(3)4)9-8-19(5)22-10-11-23-21-14-26(38-45(33,34)35)25-15-27(36-43-41-39-31)28(37-44-42-40-32)16-30(25,7)24(21)12-13-29(22,23)6/h8-9,18-28,31-32H,1,10-16H2,2-7H3,(H,33,34,35)/b9-8-/t19?,20?,21-,22?,23?,24?,25?,26?,27?,28-,29+,30+/m0/s1. The summed E-state index contributed by atoms with van der Waals surface area (Å²) < 4.78 is 60.1. The summed E-state index contributed by atoms with van der Waals surface area (Å²) in [5.74, 6) is 2.17. The highest BCUT2D eigenvalue weighted by Gasteiger charge is 2.64. The monoisotopic (exact) mass is 698 g/mol. The van der Waals surface area contributed by atoms with Crippen molar-refractivity contribution in [1.29, 1.82) is 0 Å². The summed E-state index contributed by atoms with van der Waals surface area (Å²) in [5.41, 5.74) is 0.798. The molecule has 4 aliphatic carbocycles. The summed E-state index contributed by atoms with van der Waals surface area (Å²) in [6.07, 6.45) is 8.10. The lowest BCUT2D eigenvalue weighted by Gasteiger charge is -2.63. The van der Waals surface area contributed by atoms with Crippen molar-refractivity contribution in [3.8, 4) is 0 Å². The van der Waals surface area contributed by atoms with Crippen LogP contribution in [0.2, 0.25) is 0 Å². The highest BCUT2D eigenvalue weighted by atomic mass is 32.3. The first kappa shape index (κ1) is 37.5. The molecule has 4 aliphatic rings. The average Bonchev–Trinajstić information content (AvgIpc) is 3.30. The molecule has 0 spiro atoms. The molecule has 0 heterocycles. The normalized spacial score (nSPS) is 39.8. The second kappa shape index (κ2) is 15.5. The molecule has 0 bridgehead atoms. The van der Waals surface area contributed by atoms with Crippen LogP contribution in [-0.2, 0) is 41.7 Å². The minimum atomic E-state index is -4.74. The molecule has 3 N–H and O–H groups in total. The zero-order valence-corrected chi connectivity index (χ0v) is 29.4. The molecule has 15 heteroatoms. The van der Waals surface area contributed by atoms with E-state index in [0.717, 1.165) is 25.7 Å². The first-order chi connectivity index (χ1) is 21.2. The Labute approximate surface area is 276 Å². The highest BCUT2D eigenvalue weighted by Crippen LogP contribution is 2.69. The maximum atomic E-state index is 12.2. The predicted octanol–water partition coefficient (Wildman–Crippen LogP) is 7.83. The van der Waals surface area contributed by atoms with Gasteiger partial charge in [0.1, 0.15) is 12.2 Å². The van der Waals surface area contributed by atoms with Crippen molar-refractivity contribution in [2.45, 2.75) is 105 Å². The molecule has 260 valence electrons. The second-order valence-corrected chi connectivity index (χ2v) is 16.5. The van der Waals surface area contributed by atoms with Crippen LogP contribution in [0.15, 0.2) is 24.3 Å². The van der Waals surface area contributed by atoms with Crippen LogP contribution in [0.25, 0.3) is 0 Å². The molecule has 0 aromatic carbocycles. The molecule has 0 radical (unpaired) electrons. The maximum absolute atomic E-state index is 12.2. The van der Waals surface area contributed by atoms with E-state index in [1.54, 1.807) is 0 Å². The molecular formula is C30H50O12S3. The molecular weight excluding hydrogens is 649 g/mol. The van der Waals surface area contributed by atoms with Crippen LogP contribution in [-0.4, -0.2) is 41.8 Å². The fraction of sp³-hybridized carbons (Fsp3) is 0.867. The van der Waals surface area contributed by atoms with E-state index in [0.29, 0.717) is 73.5 Å². The van der Waals surface area contributed by atoms with E-state index in [9.17, 15) is 13.0 Å². The molecule has 12 nitrogen and oxygen atoms in total. The van der Waals surface area contributed by atoms with Crippen LogP contribution in [0, 0.1) is 58.2 Å². The van der Waals surface area contributed by atoms with Gasteiger partial charge in [-0.05, 0) is 110 Å². The van der Waals surface area contributed by atoms with E-state index in [1.165, 1.54) is 5.57 Å². The fourth-order valence-electron chi connectivity index (χ4n) is 10.2. The summed E-state index contributed by atoms with van der Waals surface area (Å²) in [6.45, 7) is 17.6. The minimum Gasteiger partial charge on any atom is -0.283 e. The van der Waals surface area contributed by atoms with Crippen molar-refractivity contribution < 1.29 is 54.8 Å². The lowest BCUT2D eigenvalue weighted by Crippen LogP contribution is -2.61. The van der Waals surface area contributed by atoms with Crippen LogP contribution >= 0.6 is 24.6 Å². The van der Waals surface area contributed by atoms with Gasteiger partial charge in [-0.3, -0.25) is 12.9 Å². The Bertz CT molecular complexity index is 1140. The van der Waals surface area contributed by atoms with Gasteiger partial charge >= 0.3 is 10.4 Å². The SMILES string of the molecule is C=C(C)C(/C=C\C(C)C1CCC2[C@@H]3CC(OS(=O)(=O)O)C4CC(OSOOO)[C@@H](OSOOO)C[C@]4(C)C3CC[C@]12C)C(C)C. The van der Waals surface area contributed by atoms with Gasteiger partial charge in [-0.15, -0.1) is 8.67 Å². The van der Waals surface area contributed by atoms with Gasteiger partial charge in [-0.2, -0.15) is 8.42 Å². The van der Waals surface area contributed by atoms with Gasteiger partial charge < -0.3 is 0 Å². The van der Waals surface area contributed by atoms with Gasteiger partial charge in [0.2, 0.25) is 0 Å². The first-order valence-corrected chi connectivity index (χ1v) is 18.5. The summed E-state index contributed by atoms with van der Waals surface area (Å²) in [5, 5.41) is 24.5. The molecule has 45 heavy (non-hydrogen) atoms. The van der Waals surface area contributed by atoms with Crippen molar-refractivity contribution in [2.75, 3.05) is 0 Å². The third kappa shape index (κ3) is 8.31. The zero-order chi connectivity index (χ0) is 33.2. The second-order valence-electron chi connectivity index (χ2n) is 14.5. The van der Waals surface area contributed by atoms with Gasteiger partial charge in [0, 0.05) is 0 Å². The Morgan fingerprint density at radius 2 is 1.51 bits per heavy atom. The average molecular weight is 699 g/mol. The molecule has 0 saturated heterocycles. The van der Waals surface area contributed by atoms with Crippen molar-refractivity contribution in [2.24, 2.45) is 58.2 Å². The fourth-order valence-corrected chi connectivity index (χ4v) is 11.4. The Hall–Kier alpha value is -0.270. The Morgan fingerprint density at radius 1 is 0.889 bits per heavy atom. The Kier molecular flexibility index (Phi) is 12.9. The molecule has 8 unspecified atom stereocenters. The lowest BCUT2D eigenvalue weighted by molar-refractivity contribution is -0.435. The molecule has 12 atom stereocenters. The molecule has 4 rings (SSSR count). The number of allylic oxidation sites excluding steroid dienone is 3. The Balaban J connectivity index is 1.62. The van der Waals surface area contributed by atoms with E-state index >= 15 is 0 Å². The number of rotatable bonds is 15. The van der Waals surface area contributed by atoms with Crippen molar-refractivity contribution in [3.63, 3.8) is 0 Å². The van der Waals surface area contributed by atoms with E-state index in [2.05, 4.69) is 79.0 Å². The molecule has 0 aromatic heterocycles. The van der Waals surface area contributed by atoms with Crippen LogP contribution in [0.1, 0.15) is 86.5 Å². The number of hydrogen-bond donors (Lipinski definition) is 3. The van der Waals surface area contributed by atoms with Gasteiger partial charge in [-0.1, -0.05) is 69.0 Å². The van der Waals surface area contributed by atoms with E-state index in [4.69, 9.17) is 23.1 Å². The van der Waals surface area contributed by atoms with Gasteiger partial charge in [0.15, 0.2) is 24.6 Å². The first-order valence-electron chi connectivity index (χ1n) is 15.8. The molecule has 0 amide bonds. The van der Waals surface area contributed by atoms with E-state index < -0.39 is 34.1 Å². The van der Waals surface area contributed by atoms with Crippen molar-refractivity contribution in [1.82, 2.24) is 0 Å².